The maximum Gasteiger partial charge on any atom is 0.0594 e. The summed E-state index contributed by atoms with van der Waals surface area (Å²) in [6.07, 6.45) is 6.80. The second-order valence-electron chi connectivity index (χ2n) is 5.33. The lowest BCUT2D eigenvalue weighted by Gasteiger charge is -2.26. The van der Waals surface area contributed by atoms with E-state index in [4.69, 9.17) is 9.47 Å². The van der Waals surface area contributed by atoms with Crippen molar-refractivity contribution >= 4 is 0 Å². The fourth-order valence-electron chi connectivity index (χ4n) is 2.68. The van der Waals surface area contributed by atoms with Crippen molar-refractivity contribution in [3.05, 3.63) is 0 Å². The normalized spacial score (nSPS) is 26.3. The summed E-state index contributed by atoms with van der Waals surface area (Å²) >= 11 is 0. The van der Waals surface area contributed by atoms with Crippen molar-refractivity contribution in [1.82, 2.24) is 10.2 Å². The Bertz CT molecular complexity index is 180. The van der Waals surface area contributed by atoms with E-state index in [0.29, 0.717) is 6.10 Å². The summed E-state index contributed by atoms with van der Waals surface area (Å²) in [6, 6.07) is 0. The molecule has 0 aromatic rings. The van der Waals surface area contributed by atoms with Crippen molar-refractivity contribution in [2.75, 3.05) is 52.5 Å². The topological polar surface area (TPSA) is 33.7 Å². The van der Waals surface area contributed by atoms with E-state index in [1.165, 1.54) is 38.6 Å². The number of ether oxygens (including phenoxy) is 2. The van der Waals surface area contributed by atoms with Gasteiger partial charge in [-0.25, -0.2) is 0 Å². The predicted molar refractivity (Wildman–Crippen MR) is 73.0 cm³/mol. The second kappa shape index (κ2) is 8.86. The zero-order valence-electron chi connectivity index (χ0n) is 11.5. The van der Waals surface area contributed by atoms with Gasteiger partial charge in [0.05, 0.1) is 19.3 Å². The molecule has 1 atom stereocenters. The third-order valence-corrected chi connectivity index (χ3v) is 3.85. The Hall–Kier alpha value is -0.160. The van der Waals surface area contributed by atoms with Gasteiger partial charge in [0, 0.05) is 19.7 Å². The molecule has 1 N–H and O–H groups in total. The van der Waals surface area contributed by atoms with Crippen LogP contribution in [0.1, 0.15) is 32.1 Å². The number of nitrogens with one attached hydrogen (secondary N) is 1. The summed E-state index contributed by atoms with van der Waals surface area (Å²) in [4.78, 5) is 2.50. The molecule has 4 nitrogen and oxygen atoms in total. The largest absolute Gasteiger partial charge is 0.379 e. The molecule has 2 saturated heterocycles. The Morgan fingerprint density at radius 2 is 1.94 bits per heavy atom. The highest BCUT2D eigenvalue weighted by atomic mass is 16.5. The fourth-order valence-corrected chi connectivity index (χ4v) is 2.68. The highest BCUT2D eigenvalue weighted by molar-refractivity contribution is 4.66. The summed E-state index contributed by atoms with van der Waals surface area (Å²) in [5.74, 6) is 0. The SMILES string of the molecule is C1CCC(CCNCCCN2CCOCC2)OC1. The van der Waals surface area contributed by atoms with Gasteiger partial charge in [-0.2, -0.15) is 0 Å². The van der Waals surface area contributed by atoms with Crippen LogP contribution >= 0.6 is 0 Å². The molecule has 0 aromatic carbocycles. The van der Waals surface area contributed by atoms with Crippen LogP contribution in [0.3, 0.4) is 0 Å². The summed E-state index contributed by atoms with van der Waals surface area (Å²) < 4.78 is 11.1. The van der Waals surface area contributed by atoms with E-state index < -0.39 is 0 Å². The van der Waals surface area contributed by atoms with Gasteiger partial charge in [0.1, 0.15) is 0 Å². The second-order valence-corrected chi connectivity index (χ2v) is 5.33. The molecule has 0 aliphatic carbocycles. The van der Waals surface area contributed by atoms with E-state index in [2.05, 4.69) is 10.2 Å². The molecule has 2 heterocycles. The number of rotatable bonds is 7. The minimum Gasteiger partial charge on any atom is -0.379 e. The maximum absolute atomic E-state index is 5.72. The molecule has 0 radical (unpaired) electrons. The summed E-state index contributed by atoms with van der Waals surface area (Å²) in [7, 11) is 0. The lowest BCUT2D eigenvalue weighted by atomic mass is 10.1. The van der Waals surface area contributed by atoms with E-state index in [1.807, 2.05) is 0 Å². The molecule has 0 amide bonds. The molecule has 0 aromatic heterocycles. The maximum atomic E-state index is 5.72. The van der Waals surface area contributed by atoms with Crippen molar-refractivity contribution in [3.8, 4) is 0 Å². The lowest BCUT2D eigenvalue weighted by Crippen LogP contribution is -2.37. The van der Waals surface area contributed by atoms with E-state index in [9.17, 15) is 0 Å². The molecule has 0 saturated carbocycles. The third-order valence-electron chi connectivity index (χ3n) is 3.85. The average Bonchev–Trinajstić information content (AvgIpc) is 2.45. The van der Waals surface area contributed by atoms with Gasteiger partial charge in [-0.3, -0.25) is 4.90 Å². The van der Waals surface area contributed by atoms with Crippen LogP contribution in [0.5, 0.6) is 0 Å². The van der Waals surface area contributed by atoms with Crippen LogP contribution in [-0.2, 0) is 9.47 Å². The molecule has 2 aliphatic rings. The van der Waals surface area contributed by atoms with Crippen LogP contribution in [0, 0.1) is 0 Å². The third kappa shape index (κ3) is 5.65. The van der Waals surface area contributed by atoms with Crippen molar-refractivity contribution in [1.29, 1.82) is 0 Å². The first-order valence-electron chi connectivity index (χ1n) is 7.57. The molecular formula is C14H28N2O2. The van der Waals surface area contributed by atoms with Crippen molar-refractivity contribution < 1.29 is 9.47 Å². The summed E-state index contributed by atoms with van der Waals surface area (Å²) in [6.45, 7) is 8.45. The Morgan fingerprint density at radius 1 is 1.06 bits per heavy atom. The molecule has 106 valence electrons. The van der Waals surface area contributed by atoms with E-state index in [-0.39, 0.29) is 0 Å². The highest BCUT2D eigenvalue weighted by Gasteiger charge is 2.13. The van der Waals surface area contributed by atoms with Crippen LogP contribution in [0.4, 0.5) is 0 Å². The molecule has 0 bridgehead atoms. The fraction of sp³-hybridized carbons (Fsp3) is 1.00. The molecule has 2 aliphatic heterocycles. The van der Waals surface area contributed by atoms with Gasteiger partial charge < -0.3 is 14.8 Å². The van der Waals surface area contributed by atoms with Gasteiger partial charge in [0.15, 0.2) is 0 Å². The average molecular weight is 256 g/mol. The minimum atomic E-state index is 0.519. The highest BCUT2D eigenvalue weighted by Crippen LogP contribution is 2.14. The first-order valence-corrected chi connectivity index (χ1v) is 7.57. The van der Waals surface area contributed by atoms with Gasteiger partial charge in [0.25, 0.3) is 0 Å². The first-order chi connectivity index (χ1) is 8.95. The molecule has 1 unspecified atom stereocenters. The van der Waals surface area contributed by atoms with Crippen molar-refractivity contribution in [2.45, 2.75) is 38.2 Å². The van der Waals surface area contributed by atoms with Gasteiger partial charge in [-0.05, 0) is 51.7 Å². The monoisotopic (exact) mass is 256 g/mol. The van der Waals surface area contributed by atoms with Crippen molar-refractivity contribution in [2.24, 2.45) is 0 Å². The molecule has 0 spiro atoms. The zero-order valence-corrected chi connectivity index (χ0v) is 11.5. The van der Waals surface area contributed by atoms with Crippen LogP contribution < -0.4 is 5.32 Å². The van der Waals surface area contributed by atoms with Crippen LogP contribution in [-0.4, -0.2) is 63.5 Å². The molecule has 2 rings (SSSR count). The van der Waals surface area contributed by atoms with Gasteiger partial charge in [0.2, 0.25) is 0 Å². The molecule has 4 heteroatoms. The van der Waals surface area contributed by atoms with Crippen molar-refractivity contribution in [3.63, 3.8) is 0 Å². The number of nitrogens with zero attached hydrogens (tertiary/aromatic N) is 1. The lowest BCUT2D eigenvalue weighted by molar-refractivity contribution is 0.0115. The molecule has 18 heavy (non-hydrogen) atoms. The Balaban J connectivity index is 1.39. The first kappa shape index (κ1) is 14.3. The number of hydrogen-bond acceptors (Lipinski definition) is 4. The zero-order chi connectivity index (χ0) is 12.5. The van der Waals surface area contributed by atoms with Crippen LogP contribution in [0.2, 0.25) is 0 Å². The van der Waals surface area contributed by atoms with E-state index in [1.54, 1.807) is 0 Å². The molecular weight excluding hydrogens is 228 g/mol. The van der Waals surface area contributed by atoms with Crippen LogP contribution in [0.25, 0.3) is 0 Å². The van der Waals surface area contributed by atoms with E-state index in [0.717, 1.165) is 46.0 Å². The predicted octanol–water partition coefficient (Wildman–Crippen LogP) is 1.26. The quantitative estimate of drug-likeness (QED) is 0.695. The summed E-state index contributed by atoms with van der Waals surface area (Å²) in [5.41, 5.74) is 0. The summed E-state index contributed by atoms with van der Waals surface area (Å²) in [5, 5.41) is 3.53. The van der Waals surface area contributed by atoms with Gasteiger partial charge >= 0.3 is 0 Å². The Morgan fingerprint density at radius 3 is 2.72 bits per heavy atom. The van der Waals surface area contributed by atoms with E-state index >= 15 is 0 Å². The van der Waals surface area contributed by atoms with Gasteiger partial charge in [-0.1, -0.05) is 0 Å². The minimum absolute atomic E-state index is 0.519. The number of morpholine rings is 1. The Kier molecular flexibility index (Phi) is 7.01. The smallest absolute Gasteiger partial charge is 0.0594 e. The molecule has 2 fully saturated rings. The number of hydrogen-bond donors (Lipinski definition) is 1. The Labute approximate surface area is 111 Å². The van der Waals surface area contributed by atoms with Crippen LogP contribution in [0.15, 0.2) is 0 Å². The standard InChI is InChI=1S/C14H28N2O2/c1-2-11-18-14(4-1)5-7-15-6-3-8-16-9-12-17-13-10-16/h14-15H,1-13H2. The van der Waals surface area contributed by atoms with Gasteiger partial charge in [-0.15, -0.1) is 0 Å².